The zero-order chi connectivity index (χ0) is 11.7. The first-order valence-electron chi connectivity index (χ1n) is 6.09. The Bertz CT molecular complexity index is 511. The summed E-state index contributed by atoms with van der Waals surface area (Å²) in [6, 6.07) is 6.67. The predicted molar refractivity (Wildman–Crippen MR) is 71.5 cm³/mol. The van der Waals surface area contributed by atoms with Crippen molar-refractivity contribution in [2.45, 2.75) is 37.8 Å². The van der Waals surface area contributed by atoms with E-state index in [2.05, 4.69) is 22.4 Å². The fourth-order valence-electron chi connectivity index (χ4n) is 2.48. The molecule has 2 aromatic rings. The summed E-state index contributed by atoms with van der Waals surface area (Å²) < 4.78 is 1.21. The number of hydrogen-bond acceptors (Lipinski definition) is 4. The number of thiazole rings is 1. The lowest BCUT2D eigenvalue weighted by Crippen LogP contribution is -2.29. The van der Waals surface area contributed by atoms with Crippen LogP contribution in [0.15, 0.2) is 23.7 Å². The molecule has 0 aliphatic heterocycles. The number of benzene rings is 1. The van der Waals surface area contributed by atoms with Crippen LogP contribution in [0, 0.1) is 0 Å². The lowest BCUT2D eigenvalue weighted by atomic mass is 9.93. The number of anilines is 1. The number of aliphatic hydroxyl groups is 1. The second-order valence-corrected chi connectivity index (χ2v) is 5.58. The molecular weight excluding hydrogens is 232 g/mol. The van der Waals surface area contributed by atoms with Crippen LogP contribution in [0.1, 0.15) is 25.7 Å². The molecule has 1 aromatic heterocycles. The third-order valence-electron chi connectivity index (χ3n) is 3.35. The molecule has 1 saturated carbocycles. The maximum atomic E-state index is 9.65. The first-order valence-corrected chi connectivity index (χ1v) is 6.97. The van der Waals surface area contributed by atoms with Gasteiger partial charge in [-0.1, -0.05) is 0 Å². The number of nitrogens with zero attached hydrogens (tertiary/aromatic N) is 1. The second-order valence-electron chi connectivity index (χ2n) is 4.70. The quantitative estimate of drug-likeness (QED) is 0.858. The van der Waals surface area contributed by atoms with E-state index in [1.165, 1.54) is 4.70 Å². The molecule has 3 rings (SSSR count). The standard InChI is InChI=1S/C13H16N2OS/c16-11-3-1-2-9(6-11)15-10-4-5-12-13(7-10)17-8-14-12/h4-5,7-9,11,15-16H,1-3,6H2/t9-,11+/m1/s1. The fraction of sp³-hybridized carbons (Fsp3) is 0.462. The number of fused-ring (bicyclic) bond motifs is 1. The van der Waals surface area contributed by atoms with Crippen LogP contribution < -0.4 is 5.32 Å². The third kappa shape index (κ3) is 2.42. The number of nitrogens with one attached hydrogen (secondary N) is 1. The van der Waals surface area contributed by atoms with Gasteiger partial charge in [0.1, 0.15) is 0 Å². The molecule has 0 bridgehead atoms. The van der Waals surface area contributed by atoms with Crippen molar-refractivity contribution in [3.63, 3.8) is 0 Å². The Balaban J connectivity index is 1.75. The molecule has 90 valence electrons. The smallest absolute Gasteiger partial charge is 0.0813 e. The summed E-state index contributed by atoms with van der Waals surface area (Å²) in [5.41, 5.74) is 4.07. The molecule has 0 amide bonds. The van der Waals surface area contributed by atoms with E-state index in [0.717, 1.165) is 36.9 Å². The van der Waals surface area contributed by atoms with E-state index in [9.17, 15) is 5.11 Å². The van der Waals surface area contributed by atoms with E-state index in [0.29, 0.717) is 6.04 Å². The number of aromatic nitrogens is 1. The van der Waals surface area contributed by atoms with Gasteiger partial charge in [-0.2, -0.15) is 0 Å². The van der Waals surface area contributed by atoms with E-state index in [1.807, 2.05) is 11.6 Å². The van der Waals surface area contributed by atoms with Crippen LogP contribution in [0.4, 0.5) is 5.69 Å². The number of aliphatic hydroxyl groups excluding tert-OH is 1. The summed E-state index contributed by atoms with van der Waals surface area (Å²) in [6.07, 6.45) is 3.94. The highest BCUT2D eigenvalue weighted by molar-refractivity contribution is 7.16. The van der Waals surface area contributed by atoms with E-state index in [-0.39, 0.29) is 6.10 Å². The molecule has 1 aromatic carbocycles. The SMILES string of the molecule is O[C@H]1CCC[C@@H](Nc2ccc3ncsc3c2)C1. The van der Waals surface area contributed by atoms with Crippen LogP contribution in [0.5, 0.6) is 0 Å². The highest BCUT2D eigenvalue weighted by atomic mass is 32.1. The number of rotatable bonds is 2. The van der Waals surface area contributed by atoms with Crippen molar-refractivity contribution in [3.8, 4) is 0 Å². The highest BCUT2D eigenvalue weighted by Gasteiger charge is 2.19. The molecule has 1 aliphatic rings. The molecule has 2 N–H and O–H groups in total. The van der Waals surface area contributed by atoms with E-state index < -0.39 is 0 Å². The largest absolute Gasteiger partial charge is 0.393 e. The van der Waals surface area contributed by atoms with E-state index >= 15 is 0 Å². The van der Waals surface area contributed by atoms with Crippen molar-refractivity contribution in [2.24, 2.45) is 0 Å². The molecule has 1 heterocycles. The average Bonchev–Trinajstić information content (AvgIpc) is 2.76. The second kappa shape index (κ2) is 4.63. The minimum atomic E-state index is -0.131. The van der Waals surface area contributed by atoms with Crippen molar-refractivity contribution in [1.82, 2.24) is 4.98 Å². The molecule has 3 nitrogen and oxygen atoms in total. The maximum Gasteiger partial charge on any atom is 0.0813 e. The van der Waals surface area contributed by atoms with Gasteiger partial charge in [-0.3, -0.25) is 0 Å². The van der Waals surface area contributed by atoms with Gasteiger partial charge < -0.3 is 10.4 Å². The topological polar surface area (TPSA) is 45.1 Å². The van der Waals surface area contributed by atoms with Crippen LogP contribution in [-0.4, -0.2) is 22.2 Å². The monoisotopic (exact) mass is 248 g/mol. The van der Waals surface area contributed by atoms with Gasteiger partial charge in [0.05, 0.1) is 21.8 Å². The van der Waals surface area contributed by atoms with Crippen molar-refractivity contribution >= 4 is 27.2 Å². The van der Waals surface area contributed by atoms with Gasteiger partial charge in [0.15, 0.2) is 0 Å². The Morgan fingerprint density at radius 1 is 1.35 bits per heavy atom. The fourth-order valence-corrected chi connectivity index (χ4v) is 3.19. The molecule has 2 atom stereocenters. The molecule has 0 saturated heterocycles. The molecule has 0 spiro atoms. The van der Waals surface area contributed by atoms with Crippen molar-refractivity contribution in [1.29, 1.82) is 0 Å². The summed E-state index contributed by atoms with van der Waals surface area (Å²) >= 11 is 1.66. The predicted octanol–water partition coefficient (Wildman–Crippen LogP) is 3.01. The Morgan fingerprint density at radius 2 is 2.29 bits per heavy atom. The van der Waals surface area contributed by atoms with Crippen LogP contribution in [-0.2, 0) is 0 Å². The minimum absolute atomic E-state index is 0.131. The lowest BCUT2D eigenvalue weighted by Gasteiger charge is -2.27. The summed E-state index contributed by atoms with van der Waals surface area (Å²) in [6.45, 7) is 0. The van der Waals surface area contributed by atoms with Gasteiger partial charge in [0, 0.05) is 11.7 Å². The average molecular weight is 248 g/mol. The third-order valence-corrected chi connectivity index (χ3v) is 4.14. The molecule has 1 aliphatic carbocycles. The van der Waals surface area contributed by atoms with Crippen LogP contribution in [0.2, 0.25) is 0 Å². The Kier molecular flexibility index (Phi) is 2.99. The maximum absolute atomic E-state index is 9.65. The zero-order valence-corrected chi connectivity index (χ0v) is 10.4. The molecule has 17 heavy (non-hydrogen) atoms. The van der Waals surface area contributed by atoms with E-state index in [4.69, 9.17) is 0 Å². The summed E-state index contributed by atoms with van der Waals surface area (Å²) in [5.74, 6) is 0. The van der Waals surface area contributed by atoms with Crippen molar-refractivity contribution in [3.05, 3.63) is 23.7 Å². The highest BCUT2D eigenvalue weighted by Crippen LogP contribution is 2.25. The van der Waals surface area contributed by atoms with Gasteiger partial charge in [-0.25, -0.2) is 4.98 Å². The Hall–Kier alpha value is -1.13. The lowest BCUT2D eigenvalue weighted by molar-refractivity contribution is 0.124. The van der Waals surface area contributed by atoms with Crippen molar-refractivity contribution < 1.29 is 5.11 Å². The first kappa shape index (κ1) is 11.0. The van der Waals surface area contributed by atoms with Crippen LogP contribution in [0.25, 0.3) is 10.2 Å². The molecular formula is C13H16N2OS. The van der Waals surface area contributed by atoms with Gasteiger partial charge in [-0.15, -0.1) is 11.3 Å². The van der Waals surface area contributed by atoms with Gasteiger partial charge in [0.2, 0.25) is 0 Å². The molecule has 4 heteroatoms. The summed E-state index contributed by atoms with van der Waals surface area (Å²) in [4.78, 5) is 4.27. The molecule has 0 unspecified atom stereocenters. The first-order chi connectivity index (χ1) is 8.31. The number of hydrogen-bond donors (Lipinski definition) is 2. The van der Waals surface area contributed by atoms with Crippen LogP contribution >= 0.6 is 11.3 Å². The normalized spacial score (nSPS) is 25.0. The summed E-state index contributed by atoms with van der Waals surface area (Å²) in [7, 11) is 0. The Labute approximate surface area is 105 Å². The van der Waals surface area contributed by atoms with Crippen LogP contribution in [0.3, 0.4) is 0 Å². The van der Waals surface area contributed by atoms with E-state index in [1.54, 1.807) is 11.3 Å². The Morgan fingerprint density at radius 3 is 3.18 bits per heavy atom. The van der Waals surface area contributed by atoms with Crippen molar-refractivity contribution in [2.75, 3.05) is 5.32 Å². The van der Waals surface area contributed by atoms with Gasteiger partial charge in [0.25, 0.3) is 0 Å². The summed E-state index contributed by atoms with van der Waals surface area (Å²) in [5, 5.41) is 13.2. The molecule has 1 fully saturated rings. The van der Waals surface area contributed by atoms with Gasteiger partial charge in [-0.05, 0) is 43.9 Å². The minimum Gasteiger partial charge on any atom is -0.393 e. The zero-order valence-electron chi connectivity index (χ0n) is 9.60. The molecule has 0 radical (unpaired) electrons. The van der Waals surface area contributed by atoms with Gasteiger partial charge >= 0.3 is 0 Å².